The Balaban J connectivity index is 1.88. The number of urea groups is 1. The van der Waals surface area contributed by atoms with Crippen molar-refractivity contribution in [3.63, 3.8) is 0 Å². The van der Waals surface area contributed by atoms with Crippen LogP contribution in [0.5, 0.6) is 0 Å². The highest BCUT2D eigenvalue weighted by molar-refractivity contribution is 5.83. The van der Waals surface area contributed by atoms with Crippen molar-refractivity contribution in [2.75, 3.05) is 33.2 Å². The fraction of sp³-hybridized carbons (Fsp3) is 0.857. The van der Waals surface area contributed by atoms with E-state index in [-0.39, 0.29) is 11.9 Å². The summed E-state index contributed by atoms with van der Waals surface area (Å²) in [7, 11) is 2.08. The summed E-state index contributed by atoms with van der Waals surface area (Å²) in [6.45, 7) is 5.15. The minimum absolute atomic E-state index is 0.0182. The van der Waals surface area contributed by atoms with Gasteiger partial charge in [0.15, 0.2) is 0 Å². The van der Waals surface area contributed by atoms with Crippen LogP contribution in [0.1, 0.15) is 26.2 Å². The first kappa shape index (κ1) is 15.1. The van der Waals surface area contributed by atoms with Crippen LogP contribution in [0.25, 0.3) is 0 Å². The number of nitrogens with one attached hydrogen (secondary N) is 1. The molecule has 2 heterocycles. The van der Waals surface area contributed by atoms with Crippen LogP contribution in [0, 0.1) is 11.8 Å². The van der Waals surface area contributed by atoms with E-state index in [2.05, 4.69) is 17.3 Å². The molecule has 3 atom stereocenters. The number of nitrogens with zero attached hydrogens (tertiary/aromatic N) is 2. The summed E-state index contributed by atoms with van der Waals surface area (Å²) in [6, 6.07) is -0.909. The second-order valence-corrected chi connectivity index (χ2v) is 6.20. The van der Waals surface area contributed by atoms with Gasteiger partial charge in [-0.25, -0.2) is 9.59 Å². The van der Waals surface area contributed by atoms with Gasteiger partial charge in [-0.1, -0.05) is 6.92 Å². The monoisotopic (exact) mass is 283 g/mol. The SMILES string of the molecule is CC1CCCN(C(=O)NCC2CCN(C)C2)C1C(=O)O. The maximum atomic E-state index is 12.2. The smallest absolute Gasteiger partial charge is 0.326 e. The number of carboxylic acids is 1. The number of rotatable bonds is 3. The summed E-state index contributed by atoms with van der Waals surface area (Å²) in [5.74, 6) is -0.396. The Hall–Kier alpha value is -1.30. The summed E-state index contributed by atoms with van der Waals surface area (Å²) >= 11 is 0. The lowest BCUT2D eigenvalue weighted by Gasteiger charge is -2.37. The fourth-order valence-corrected chi connectivity index (χ4v) is 3.32. The minimum Gasteiger partial charge on any atom is -0.480 e. The zero-order valence-corrected chi connectivity index (χ0v) is 12.3. The highest BCUT2D eigenvalue weighted by atomic mass is 16.4. The minimum atomic E-state index is -0.895. The van der Waals surface area contributed by atoms with Gasteiger partial charge in [0, 0.05) is 19.6 Å². The van der Waals surface area contributed by atoms with Gasteiger partial charge in [0.25, 0.3) is 0 Å². The molecule has 2 amide bonds. The standard InChI is InChI=1S/C14H25N3O3/c1-10-4-3-6-17(12(10)13(18)19)14(20)15-8-11-5-7-16(2)9-11/h10-12H,3-9H2,1-2H3,(H,15,20)(H,18,19). The van der Waals surface area contributed by atoms with Crippen molar-refractivity contribution in [1.82, 2.24) is 15.1 Å². The Bertz CT molecular complexity index is 375. The molecule has 20 heavy (non-hydrogen) atoms. The van der Waals surface area contributed by atoms with Gasteiger partial charge in [-0.15, -0.1) is 0 Å². The lowest BCUT2D eigenvalue weighted by Crippen LogP contribution is -2.55. The van der Waals surface area contributed by atoms with E-state index in [0.29, 0.717) is 19.0 Å². The van der Waals surface area contributed by atoms with E-state index in [1.54, 1.807) is 0 Å². The highest BCUT2D eigenvalue weighted by Crippen LogP contribution is 2.23. The van der Waals surface area contributed by atoms with Crippen LogP contribution >= 0.6 is 0 Å². The Kier molecular flexibility index (Phi) is 4.86. The van der Waals surface area contributed by atoms with Crippen LogP contribution in [0.4, 0.5) is 4.79 Å². The van der Waals surface area contributed by atoms with E-state index in [4.69, 9.17) is 0 Å². The third-order valence-electron chi connectivity index (χ3n) is 4.48. The first-order valence-electron chi connectivity index (χ1n) is 7.45. The third-order valence-corrected chi connectivity index (χ3v) is 4.48. The first-order chi connectivity index (χ1) is 9.49. The number of carboxylic acid groups (broad SMARTS) is 1. The van der Waals surface area contributed by atoms with Gasteiger partial charge in [-0.3, -0.25) is 0 Å². The lowest BCUT2D eigenvalue weighted by atomic mass is 9.91. The number of hydrogen-bond donors (Lipinski definition) is 2. The van der Waals surface area contributed by atoms with Gasteiger partial charge in [-0.05, 0) is 44.7 Å². The summed E-state index contributed by atoms with van der Waals surface area (Å²) in [4.78, 5) is 27.3. The molecule has 0 aromatic heterocycles. The van der Waals surface area contributed by atoms with Gasteiger partial charge in [0.2, 0.25) is 0 Å². The van der Waals surface area contributed by atoms with Crippen molar-refractivity contribution in [3.05, 3.63) is 0 Å². The fourth-order valence-electron chi connectivity index (χ4n) is 3.32. The van der Waals surface area contributed by atoms with E-state index in [1.165, 1.54) is 4.90 Å². The van der Waals surface area contributed by atoms with Crippen molar-refractivity contribution in [1.29, 1.82) is 0 Å². The molecule has 0 radical (unpaired) electrons. The maximum Gasteiger partial charge on any atom is 0.326 e. The molecule has 0 spiro atoms. The topological polar surface area (TPSA) is 72.9 Å². The third kappa shape index (κ3) is 3.42. The quantitative estimate of drug-likeness (QED) is 0.805. The van der Waals surface area contributed by atoms with E-state index < -0.39 is 12.0 Å². The second kappa shape index (κ2) is 6.43. The molecule has 0 saturated carbocycles. The van der Waals surface area contributed by atoms with Gasteiger partial charge < -0.3 is 20.2 Å². The van der Waals surface area contributed by atoms with E-state index in [0.717, 1.165) is 32.4 Å². The number of likely N-dealkylation sites (tertiary alicyclic amines) is 2. The maximum absolute atomic E-state index is 12.2. The molecule has 6 heteroatoms. The van der Waals surface area contributed by atoms with E-state index in [1.807, 2.05) is 6.92 Å². The largest absolute Gasteiger partial charge is 0.480 e. The van der Waals surface area contributed by atoms with Crippen LogP contribution in [0.2, 0.25) is 0 Å². The molecule has 0 aliphatic carbocycles. The van der Waals surface area contributed by atoms with Crippen molar-refractivity contribution in [2.45, 2.75) is 32.2 Å². The van der Waals surface area contributed by atoms with Crippen molar-refractivity contribution >= 4 is 12.0 Å². The Morgan fingerprint density at radius 2 is 2.05 bits per heavy atom. The van der Waals surface area contributed by atoms with Crippen LogP contribution < -0.4 is 5.32 Å². The van der Waals surface area contributed by atoms with Crippen molar-refractivity contribution in [3.8, 4) is 0 Å². The molecule has 3 unspecified atom stereocenters. The van der Waals surface area contributed by atoms with Gasteiger partial charge in [0.1, 0.15) is 6.04 Å². The van der Waals surface area contributed by atoms with Crippen LogP contribution in [0.15, 0.2) is 0 Å². The summed E-state index contributed by atoms with van der Waals surface area (Å²) in [5.41, 5.74) is 0. The lowest BCUT2D eigenvalue weighted by molar-refractivity contribution is -0.145. The van der Waals surface area contributed by atoms with E-state index in [9.17, 15) is 14.7 Å². The van der Waals surface area contributed by atoms with Crippen molar-refractivity contribution < 1.29 is 14.7 Å². The molecule has 2 fully saturated rings. The number of aliphatic carboxylic acids is 1. The molecule has 114 valence electrons. The first-order valence-corrected chi connectivity index (χ1v) is 7.45. The number of amides is 2. The predicted octanol–water partition coefficient (Wildman–Crippen LogP) is 0.833. The number of piperidine rings is 1. The molecule has 2 N–H and O–H groups in total. The zero-order chi connectivity index (χ0) is 14.7. The van der Waals surface area contributed by atoms with Crippen molar-refractivity contribution in [2.24, 2.45) is 11.8 Å². The molecule has 2 aliphatic rings. The van der Waals surface area contributed by atoms with Gasteiger partial charge in [-0.2, -0.15) is 0 Å². The molecule has 0 bridgehead atoms. The number of carbonyl (C=O) groups is 2. The normalized spacial score (nSPS) is 31.3. The highest BCUT2D eigenvalue weighted by Gasteiger charge is 2.37. The summed E-state index contributed by atoms with van der Waals surface area (Å²) < 4.78 is 0. The average molecular weight is 283 g/mol. The Morgan fingerprint density at radius 3 is 2.65 bits per heavy atom. The summed E-state index contributed by atoms with van der Waals surface area (Å²) in [5, 5.41) is 12.2. The average Bonchev–Trinajstić information content (AvgIpc) is 2.81. The number of carbonyl (C=O) groups excluding carboxylic acids is 1. The Labute approximate surface area is 120 Å². The predicted molar refractivity (Wildman–Crippen MR) is 75.5 cm³/mol. The second-order valence-electron chi connectivity index (χ2n) is 6.20. The zero-order valence-electron chi connectivity index (χ0n) is 12.3. The molecule has 2 saturated heterocycles. The molecular formula is C14H25N3O3. The number of hydrogen-bond acceptors (Lipinski definition) is 3. The molecule has 2 rings (SSSR count). The van der Waals surface area contributed by atoms with Gasteiger partial charge >= 0.3 is 12.0 Å². The van der Waals surface area contributed by atoms with Gasteiger partial charge in [0.05, 0.1) is 0 Å². The van der Waals surface area contributed by atoms with Crippen LogP contribution in [0.3, 0.4) is 0 Å². The molecule has 0 aromatic carbocycles. The Morgan fingerprint density at radius 1 is 1.30 bits per heavy atom. The molecule has 6 nitrogen and oxygen atoms in total. The van der Waals surface area contributed by atoms with Crippen LogP contribution in [-0.2, 0) is 4.79 Å². The van der Waals surface area contributed by atoms with Crippen LogP contribution in [-0.4, -0.2) is 66.2 Å². The molecule has 2 aliphatic heterocycles. The molecular weight excluding hydrogens is 258 g/mol. The molecule has 0 aromatic rings. The summed E-state index contributed by atoms with van der Waals surface area (Å²) in [6.07, 6.45) is 2.84. The van der Waals surface area contributed by atoms with E-state index >= 15 is 0 Å².